The first-order chi connectivity index (χ1) is 14.0. The zero-order valence-corrected chi connectivity index (χ0v) is 16.9. The third-order valence-corrected chi connectivity index (χ3v) is 6.40. The summed E-state index contributed by atoms with van der Waals surface area (Å²) in [5.74, 6) is -0.0592. The van der Waals surface area contributed by atoms with Crippen molar-refractivity contribution in [1.29, 1.82) is 0 Å². The van der Waals surface area contributed by atoms with Crippen LogP contribution >= 0.6 is 0 Å². The van der Waals surface area contributed by atoms with Gasteiger partial charge in [0.15, 0.2) is 5.65 Å². The zero-order valence-electron chi connectivity index (χ0n) is 16.9. The van der Waals surface area contributed by atoms with Gasteiger partial charge in [-0.15, -0.1) is 0 Å². The number of aromatic nitrogens is 2. The van der Waals surface area contributed by atoms with E-state index >= 15 is 0 Å². The predicted octanol–water partition coefficient (Wildman–Crippen LogP) is 2.60. The number of hydrogen-bond acceptors (Lipinski definition) is 4. The number of aliphatic hydroxyl groups excluding tert-OH is 1. The standard InChI is InChI=1S/C23H26N4O2/c1-15-13-27-14-19(22(29)26(2)9-10-28)18-7-8-23(25-20(18)21(27)24-15)11-16-5-3-4-6-17(16)12-23/h3-6,13-14,25,28H,7-12H2,1-2H3. The topological polar surface area (TPSA) is 69.9 Å². The number of anilines is 1. The second-order valence-electron chi connectivity index (χ2n) is 8.49. The van der Waals surface area contributed by atoms with Crippen LogP contribution in [0.4, 0.5) is 5.69 Å². The lowest BCUT2D eigenvalue weighted by Crippen LogP contribution is -2.43. The molecule has 29 heavy (non-hydrogen) atoms. The first-order valence-corrected chi connectivity index (χ1v) is 10.2. The molecule has 0 saturated carbocycles. The average molecular weight is 390 g/mol. The van der Waals surface area contributed by atoms with Crippen molar-refractivity contribution >= 4 is 17.2 Å². The number of pyridine rings is 1. The SMILES string of the molecule is Cc1cn2cc(C(=O)N(C)CCO)c3c(c2n1)NC1(CC3)Cc2ccccc2C1. The number of fused-ring (bicyclic) bond motifs is 4. The number of rotatable bonds is 3. The Hall–Kier alpha value is -2.86. The van der Waals surface area contributed by atoms with Crippen LogP contribution < -0.4 is 5.32 Å². The van der Waals surface area contributed by atoms with Crippen molar-refractivity contribution in [2.75, 3.05) is 25.5 Å². The highest BCUT2D eigenvalue weighted by Gasteiger charge is 2.41. The van der Waals surface area contributed by atoms with E-state index in [4.69, 9.17) is 4.98 Å². The van der Waals surface area contributed by atoms with Crippen LogP contribution in [0.1, 0.15) is 39.2 Å². The van der Waals surface area contributed by atoms with E-state index in [-0.39, 0.29) is 18.1 Å². The van der Waals surface area contributed by atoms with Gasteiger partial charge in [0.2, 0.25) is 0 Å². The van der Waals surface area contributed by atoms with Crippen LogP contribution in [0.15, 0.2) is 36.7 Å². The first-order valence-electron chi connectivity index (χ1n) is 10.2. The highest BCUT2D eigenvalue weighted by atomic mass is 16.3. The molecule has 2 aliphatic rings. The van der Waals surface area contributed by atoms with E-state index in [2.05, 4.69) is 29.6 Å². The molecule has 1 aromatic carbocycles. The summed E-state index contributed by atoms with van der Waals surface area (Å²) < 4.78 is 1.96. The second-order valence-corrected chi connectivity index (χ2v) is 8.49. The lowest BCUT2D eigenvalue weighted by Gasteiger charge is -2.38. The molecular formula is C23H26N4O2. The van der Waals surface area contributed by atoms with Gasteiger partial charge in [-0.05, 0) is 49.3 Å². The highest BCUT2D eigenvalue weighted by molar-refractivity contribution is 5.98. The first kappa shape index (κ1) is 18.2. The van der Waals surface area contributed by atoms with E-state index < -0.39 is 0 Å². The van der Waals surface area contributed by atoms with Crippen molar-refractivity contribution < 1.29 is 9.90 Å². The van der Waals surface area contributed by atoms with E-state index in [0.29, 0.717) is 12.1 Å². The number of hydrogen-bond donors (Lipinski definition) is 2. The second kappa shape index (κ2) is 6.59. The number of aryl methyl sites for hydroxylation is 1. The Kier molecular flexibility index (Phi) is 4.13. The van der Waals surface area contributed by atoms with Crippen molar-refractivity contribution in [2.24, 2.45) is 0 Å². The summed E-state index contributed by atoms with van der Waals surface area (Å²) >= 11 is 0. The summed E-state index contributed by atoms with van der Waals surface area (Å²) in [6.45, 7) is 2.25. The summed E-state index contributed by atoms with van der Waals surface area (Å²) in [6.07, 6.45) is 7.67. The molecule has 2 aromatic heterocycles. The lowest BCUT2D eigenvalue weighted by atomic mass is 9.82. The Bertz CT molecular complexity index is 1090. The summed E-state index contributed by atoms with van der Waals surface area (Å²) in [7, 11) is 1.74. The number of amides is 1. The van der Waals surface area contributed by atoms with Crippen LogP contribution in [0.5, 0.6) is 0 Å². The Morgan fingerprint density at radius 1 is 1.28 bits per heavy atom. The maximum absolute atomic E-state index is 13.1. The Morgan fingerprint density at radius 2 is 2.00 bits per heavy atom. The zero-order chi connectivity index (χ0) is 20.2. The normalized spacial score (nSPS) is 16.5. The smallest absolute Gasteiger partial charge is 0.255 e. The molecule has 1 spiro atoms. The molecule has 0 fully saturated rings. The van der Waals surface area contributed by atoms with Crippen molar-refractivity contribution in [2.45, 2.75) is 38.1 Å². The van der Waals surface area contributed by atoms with E-state index in [0.717, 1.165) is 48.3 Å². The summed E-state index contributed by atoms with van der Waals surface area (Å²) in [4.78, 5) is 19.4. The molecule has 6 heteroatoms. The van der Waals surface area contributed by atoms with E-state index in [1.165, 1.54) is 11.1 Å². The number of carbonyl (C=O) groups is 1. The minimum atomic E-state index is -0.0592. The van der Waals surface area contributed by atoms with Crippen LogP contribution in [0.2, 0.25) is 0 Å². The van der Waals surface area contributed by atoms with Crippen molar-refractivity contribution in [3.05, 3.63) is 64.6 Å². The summed E-state index contributed by atoms with van der Waals surface area (Å²) in [6, 6.07) is 8.66. The molecule has 3 heterocycles. The van der Waals surface area contributed by atoms with Crippen LogP contribution in [-0.2, 0) is 19.3 Å². The molecule has 0 atom stereocenters. The minimum Gasteiger partial charge on any atom is -0.395 e. The molecule has 3 aromatic rings. The third kappa shape index (κ3) is 2.90. The molecular weight excluding hydrogens is 364 g/mol. The van der Waals surface area contributed by atoms with Gasteiger partial charge < -0.3 is 19.7 Å². The van der Waals surface area contributed by atoms with Crippen molar-refractivity contribution in [3.63, 3.8) is 0 Å². The third-order valence-electron chi connectivity index (χ3n) is 6.40. The summed E-state index contributed by atoms with van der Waals surface area (Å²) in [5.41, 5.74) is 7.34. The van der Waals surface area contributed by atoms with Gasteiger partial charge in [-0.2, -0.15) is 0 Å². The number of carbonyl (C=O) groups excluding carboxylic acids is 1. The molecule has 0 unspecified atom stereocenters. The molecule has 0 saturated heterocycles. The Labute approximate surface area is 170 Å². The number of nitrogens with one attached hydrogen (secondary N) is 1. The van der Waals surface area contributed by atoms with Crippen LogP contribution in [0.25, 0.3) is 5.65 Å². The monoisotopic (exact) mass is 390 g/mol. The van der Waals surface area contributed by atoms with Gasteiger partial charge >= 0.3 is 0 Å². The molecule has 1 amide bonds. The minimum absolute atomic E-state index is 0.0182. The van der Waals surface area contributed by atoms with Gasteiger partial charge in [0.1, 0.15) is 0 Å². The number of likely N-dealkylation sites (N-methyl/N-ethyl adjacent to an activating group) is 1. The Balaban J connectivity index is 1.60. The maximum atomic E-state index is 13.1. The van der Waals surface area contributed by atoms with Gasteiger partial charge in [-0.1, -0.05) is 24.3 Å². The quantitative estimate of drug-likeness (QED) is 0.721. The summed E-state index contributed by atoms with van der Waals surface area (Å²) in [5, 5.41) is 13.1. The fraction of sp³-hybridized carbons (Fsp3) is 0.391. The molecule has 2 N–H and O–H groups in total. The predicted molar refractivity (Wildman–Crippen MR) is 113 cm³/mol. The average Bonchev–Trinajstić information content (AvgIpc) is 3.26. The van der Waals surface area contributed by atoms with Gasteiger partial charge in [0.05, 0.1) is 23.6 Å². The van der Waals surface area contributed by atoms with Gasteiger partial charge in [-0.25, -0.2) is 4.98 Å². The molecule has 150 valence electrons. The van der Waals surface area contributed by atoms with Crippen molar-refractivity contribution in [1.82, 2.24) is 14.3 Å². The Morgan fingerprint density at radius 3 is 2.69 bits per heavy atom. The van der Waals surface area contributed by atoms with Gasteiger partial charge in [0, 0.05) is 31.5 Å². The van der Waals surface area contributed by atoms with Crippen molar-refractivity contribution in [3.8, 4) is 0 Å². The fourth-order valence-corrected chi connectivity index (χ4v) is 4.97. The highest BCUT2D eigenvalue weighted by Crippen LogP contribution is 2.43. The van der Waals surface area contributed by atoms with Gasteiger partial charge in [-0.3, -0.25) is 4.79 Å². The van der Waals surface area contributed by atoms with Crippen LogP contribution in [0, 0.1) is 6.92 Å². The molecule has 1 aliphatic heterocycles. The number of benzene rings is 1. The van der Waals surface area contributed by atoms with E-state index in [1.807, 2.05) is 23.7 Å². The van der Waals surface area contributed by atoms with Gasteiger partial charge in [0.25, 0.3) is 5.91 Å². The number of aliphatic hydroxyl groups is 1. The molecule has 0 radical (unpaired) electrons. The lowest BCUT2D eigenvalue weighted by molar-refractivity contribution is 0.0765. The molecule has 5 rings (SSSR count). The largest absolute Gasteiger partial charge is 0.395 e. The molecule has 0 bridgehead atoms. The van der Waals surface area contributed by atoms with Crippen LogP contribution in [0.3, 0.4) is 0 Å². The number of imidazole rings is 1. The van der Waals surface area contributed by atoms with E-state index in [9.17, 15) is 9.90 Å². The maximum Gasteiger partial charge on any atom is 0.255 e. The number of nitrogens with zero attached hydrogens (tertiary/aromatic N) is 3. The molecule has 1 aliphatic carbocycles. The molecule has 6 nitrogen and oxygen atoms in total. The fourth-order valence-electron chi connectivity index (χ4n) is 4.97. The van der Waals surface area contributed by atoms with Crippen LogP contribution in [-0.4, -0.2) is 51.0 Å². The van der Waals surface area contributed by atoms with E-state index in [1.54, 1.807) is 11.9 Å².